The van der Waals surface area contributed by atoms with Crippen LogP contribution in [0.4, 0.5) is 4.79 Å². The van der Waals surface area contributed by atoms with Gasteiger partial charge in [-0.3, -0.25) is 0 Å². The number of nitrogens with zero attached hydrogens (tertiary/aromatic N) is 2. The van der Waals surface area contributed by atoms with E-state index >= 15 is 0 Å². The van der Waals surface area contributed by atoms with E-state index in [-0.39, 0.29) is 6.03 Å². The molecule has 1 fully saturated rings. The Kier molecular flexibility index (Phi) is 5.10. The average molecular weight is 226 g/mol. The Hall–Kier alpha value is -0.730. The molecule has 1 atom stereocenters. The zero-order valence-corrected chi connectivity index (χ0v) is 11.2. The monoisotopic (exact) mass is 226 g/mol. The number of hydrogen-bond acceptors (Lipinski definition) is 1. The van der Waals surface area contributed by atoms with Gasteiger partial charge in [0.05, 0.1) is 0 Å². The molecule has 0 aromatic carbocycles. The zero-order chi connectivity index (χ0) is 12.1. The fourth-order valence-corrected chi connectivity index (χ4v) is 2.11. The highest BCUT2D eigenvalue weighted by molar-refractivity contribution is 5.74. The first kappa shape index (κ1) is 13.3. The summed E-state index contributed by atoms with van der Waals surface area (Å²) in [5, 5.41) is 0. The van der Waals surface area contributed by atoms with Gasteiger partial charge in [0.15, 0.2) is 0 Å². The summed E-state index contributed by atoms with van der Waals surface area (Å²) >= 11 is 0. The quantitative estimate of drug-likeness (QED) is 0.710. The third-order valence-electron chi connectivity index (χ3n) is 3.75. The van der Waals surface area contributed by atoms with Crippen LogP contribution in [0.1, 0.15) is 46.5 Å². The highest BCUT2D eigenvalue weighted by atomic mass is 16.2. The van der Waals surface area contributed by atoms with Crippen molar-refractivity contribution in [1.29, 1.82) is 0 Å². The maximum atomic E-state index is 12.2. The Bertz CT molecular complexity index is 216. The average Bonchev–Trinajstić information content (AvgIpc) is 2.54. The topological polar surface area (TPSA) is 23.6 Å². The van der Waals surface area contributed by atoms with E-state index in [0.717, 1.165) is 25.9 Å². The minimum absolute atomic E-state index is 0.211. The number of likely N-dealkylation sites (tertiary alicyclic amines) is 1. The molecule has 16 heavy (non-hydrogen) atoms. The fraction of sp³-hybridized carbons (Fsp3) is 0.923. The van der Waals surface area contributed by atoms with Gasteiger partial charge in [0.2, 0.25) is 0 Å². The predicted molar refractivity (Wildman–Crippen MR) is 67.5 cm³/mol. The van der Waals surface area contributed by atoms with Gasteiger partial charge in [-0.2, -0.15) is 0 Å². The third kappa shape index (κ3) is 3.39. The number of carbonyl (C=O) groups is 1. The Labute approximate surface area is 99.8 Å². The van der Waals surface area contributed by atoms with Gasteiger partial charge in [0.25, 0.3) is 0 Å². The molecule has 1 rings (SSSR count). The van der Waals surface area contributed by atoms with Gasteiger partial charge in [-0.25, -0.2) is 4.79 Å². The summed E-state index contributed by atoms with van der Waals surface area (Å²) in [7, 11) is 1.93. The Balaban J connectivity index is 2.54. The number of amides is 2. The van der Waals surface area contributed by atoms with E-state index in [9.17, 15) is 4.79 Å². The number of carbonyl (C=O) groups excluding carboxylic acids is 1. The second-order valence-electron chi connectivity index (χ2n) is 5.28. The molecule has 3 nitrogen and oxygen atoms in total. The summed E-state index contributed by atoms with van der Waals surface area (Å²) in [6.07, 6.45) is 4.87. The van der Waals surface area contributed by atoms with Gasteiger partial charge in [-0.05, 0) is 25.7 Å². The molecule has 1 heterocycles. The molecule has 1 saturated heterocycles. The van der Waals surface area contributed by atoms with Crippen LogP contribution in [0.2, 0.25) is 0 Å². The van der Waals surface area contributed by atoms with Crippen molar-refractivity contribution in [2.45, 2.75) is 52.5 Å². The van der Waals surface area contributed by atoms with Gasteiger partial charge in [0, 0.05) is 26.2 Å². The highest BCUT2D eigenvalue weighted by Gasteiger charge is 2.23. The van der Waals surface area contributed by atoms with E-state index in [2.05, 4.69) is 20.8 Å². The molecule has 0 radical (unpaired) electrons. The van der Waals surface area contributed by atoms with E-state index in [4.69, 9.17) is 0 Å². The molecule has 2 amide bonds. The van der Waals surface area contributed by atoms with Crippen LogP contribution in [0.5, 0.6) is 0 Å². The molecule has 0 saturated carbocycles. The first-order chi connectivity index (χ1) is 7.54. The summed E-state index contributed by atoms with van der Waals surface area (Å²) in [6.45, 7) is 8.33. The van der Waals surface area contributed by atoms with Crippen LogP contribution in [-0.2, 0) is 0 Å². The maximum absolute atomic E-state index is 12.2. The molecule has 0 N–H and O–H groups in total. The molecule has 0 aromatic heterocycles. The Morgan fingerprint density at radius 1 is 1.06 bits per heavy atom. The van der Waals surface area contributed by atoms with Crippen LogP contribution >= 0.6 is 0 Å². The molecule has 1 unspecified atom stereocenters. The van der Waals surface area contributed by atoms with Gasteiger partial charge < -0.3 is 9.80 Å². The normalized spacial score (nSPS) is 19.4. The number of rotatable bonds is 2. The van der Waals surface area contributed by atoms with Crippen molar-refractivity contribution in [3.63, 3.8) is 0 Å². The second kappa shape index (κ2) is 6.12. The highest BCUT2D eigenvalue weighted by Crippen LogP contribution is 2.14. The molecule has 0 aromatic rings. The molecule has 0 bridgehead atoms. The maximum Gasteiger partial charge on any atom is 0.319 e. The molecule has 0 spiro atoms. The van der Waals surface area contributed by atoms with E-state index in [0.29, 0.717) is 12.0 Å². The van der Waals surface area contributed by atoms with Crippen molar-refractivity contribution in [3.8, 4) is 0 Å². The van der Waals surface area contributed by atoms with Gasteiger partial charge >= 0.3 is 6.03 Å². The van der Waals surface area contributed by atoms with Crippen LogP contribution in [-0.4, -0.2) is 42.0 Å². The van der Waals surface area contributed by atoms with Crippen molar-refractivity contribution in [2.24, 2.45) is 5.92 Å². The summed E-state index contributed by atoms with van der Waals surface area (Å²) in [5.74, 6) is 0.515. The minimum atomic E-state index is 0.211. The van der Waals surface area contributed by atoms with E-state index < -0.39 is 0 Å². The number of hydrogen-bond donors (Lipinski definition) is 0. The molecular weight excluding hydrogens is 200 g/mol. The summed E-state index contributed by atoms with van der Waals surface area (Å²) < 4.78 is 0. The minimum Gasteiger partial charge on any atom is -0.325 e. The van der Waals surface area contributed by atoms with Gasteiger partial charge in [-0.15, -0.1) is 0 Å². The van der Waals surface area contributed by atoms with Crippen molar-refractivity contribution < 1.29 is 4.79 Å². The SMILES string of the molecule is CC(C)C(C)N(C)C(=O)N1CCCCCC1. The first-order valence-electron chi connectivity index (χ1n) is 6.55. The van der Waals surface area contributed by atoms with Crippen molar-refractivity contribution in [1.82, 2.24) is 9.80 Å². The molecule has 0 aliphatic carbocycles. The summed E-state index contributed by atoms with van der Waals surface area (Å²) in [4.78, 5) is 16.2. The lowest BCUT2D eigenvalue weighted by atomic mass is 10.1. The lowest BCUT2D eigenvalue weighted by molar-refractivity contribution is 0.140. The Morgan fingerprint density at radius 3 is 2.00 bits per heavy atom. The van der Waals surface area contributed by atoms with E-state index in [1.807, 2.05) is 16.8 Å². The van der Waals surface area contributed by atoms with Crippen LogP contribution in [0.3, 0.4) is 0 Å². The van der Waals surface area contributed by atoms with Crippen LogP contribution in [0, 0.1) is 5.92 Å². The molecule has 94 valence electrons. The van der Waals surface area contributed by atoms with Gasteiger partial charge in [-0.1, -0.05) is 26.7 Å². The first-order valence-corrected chi connectivity index (χ1v) is 6.55. The van der Waals surface area contributed by atoms with E-state index in [1.54, 1.807) is 0 Å². The molecule has 1 aliphatic rings. The lowest BCUT2D eigenvalue weighted by Gasteiger charge is -2.33. The van der Waals surface area contributed by atoms with Crippen molar-refractivity contribution >= 4 is 6.03 Å². The van der Waals surface area contributed by atoms with Crippen LogP contribution in [0.15, 0.2) is 0 Å². The molecular formula is C13H26N2O. The van der Waals surface area contributed by atoms with E-state index in [1.165, 1.54) is 12.8 Å². The molecule has 3 heteroatoms. The predicted octanol–water partition coefficient (Wildman–Crippen LogP) is 2.96. The second-order valence-corrected chi connectivity index (χ2v) is 5.28. The zero-order valence-electron chi connectivity index (χ0n) is 11.2. The molecule has 1 aliphatic heterocycles. The van der Waals surface area contributed by atoms with Crippen molar-refractivity contribution in [3.05, 3.63) is 0 Å². The fourth-order valence-electron chi connectivity index (χ4n) is 2.11. The summed E-state index contributed by atoms with van der Waals surface area (Å²) in [6, 6.07) is 0.527. The van der Waals surface area contributed by atoms with Crippen LogP contribution in [0.25, 0.3) is 0 Å². The third-order valence-corrected chi connectivity index (χ3v) is 3.75. The van der Waals surface area contributed by atoms with Crippen LogP contribution < -0.4 is 0 Å². The van der Waals surface area contributed by atoms with Crippen molar-refractivity contribution in [2.75, 3.05) is 20.1 Å². The number of urea groups is 1. The smallest absolute Gasteiger partial charge is 0.319 e. The van der Waals surface area contributed by atoms with Gasteiger partial charge in [0.1, 0.15) is 0 Å². The standard InChI is InChI=1S/C13H26N2O/c1-11(2)12(3)14(4)13(16)15-9-7-5-6-8-10-15/h11-12H,5-10H2,1-4H3. The largest absolute Gasteiger partial charge is 0.325 e. The lowest BCUT2D eigenvalue weighted by Crippen LogP contribution is -2.47. The Morgan fingerprint density at radius 2 is 1.56 bits per heavy atom. The summed E-state index contributed by atoms with van der Waals surface area (Å²) in [5.41, 5.74) is 0.